The summed E-state index contributed by atoms with van der Waals surface area (Å²) in [6.45, 7) is 0.243. The average Bonchev–Trinajstić information content (AvgIpc) is 3.64. The van der Waals surface area contributed by atoms with Crippen molar-refractivity contribution in [1.29, 1.82) is 0 Å². The Morgan fingerprint density at radius 1 is 1.14 bits per heavy atom. The molecule has 0 bridgehead atoms. The van der Waals surface area contributed by atoms with Crippen molar-refractivity contribution in [2.75, 3.05) is 11.9 Å². The highest BCUT2D eigenvalue weighted by atomic mass is 35.5. The van der Waals surface area contributed by atoms with Crippen molar-refractivity contribution < 1.29 is 14.3 Å². The smallest absolute Gasteiger partial charge is 0.241 e. The molecule has 0 radical (unpaired) electrons. The van der Waals surface area contributed by atoms with Crippen molar-refractivity contribution in [3.63, 3.8) is 0 Å². The van der Waals surface area contributed by atoms with Crippen LogP contribution in [0.4, 0.5) is 10.1 Å². The molecule has 3 aromatic rings. The zero-order valence-corrected chi connectivity index (χ0v) is 20.8. The van der Waals surface area contributed by atoms with Gasteiger partial charge in [-0.15, -0.1) is 12.4 Å². The predicted molar refractivity (Wildman–Crippen MR) is 140 cm³/mol. The highest BCUT2D eigenvalue weighted by molar-refractivity contribution is 5.95. The lowest BCUT2D eigenvalue weighted by molar-refractivity contribution is -0.118. The Kier molecular flexibility index (Phi) is 7.76. The first-order valence-corrected chi connectivity index (χ1v) is 12.2. The van der Waals surface area contributed by atoms with E-state index in [-0.39, 0.29) is 31.1 Å². The number of halogens is 2. The fraction of sp³-hybridized carbons (Fsp3) is 0.357. The summed E-state index contributed by atoms with van der Waals surface area (Å²) in [4.78, 5) is 17.2. The van der Waals surface area contributed by atoms with Crippen LogP contribution in [0.2, 0.25) is 0 Å². The number of β-amino-alcohol motifs (C(OH)–C–C–N with tert-alkyl or cyclic N) is 1. The number of carbonyl (C=O) groups excluding carboxylic acids is 1. The molecule has 2 aromatic carbocycles. The number of benzene rings is 2. The molecule has 1 unspecified atom stereocenters. The Balaban J connectivity index is 0.00000304. The fourth-order valence-electron chi connectivity index (χ4n) is 4.99. The maximum Gasteiger partial charge on any atom is 0.241 e. The van der Waals surface area contributed by atoms with E-state index < -0.39 is 28.9 Å². The Morgan fingerprint density at radius 2 is 1.86 bits per heavy atom. The highest BCUT2D eigenvalue weighted by Crippen LogP contribution is 2.40. The van der Waals surface area contributed by atoms with Crippen molar-refractivity contribution in [3.05, 3.63) is 95.6 Å². The molecule has 2 aliphatic rings. The van der Waals surface area contributed by atoms with Gasteiger partial charge in [-0.25, -0.2) is 4.39 Å². The SMILES string of the molecule is Cl.NC(CCC1CC1)(c1ccncc1)c1ccc(F)c(NC(=O)[C@H]2C[C@](O)(c3ccccc3)CN2)c1. The second kappa shape index (κ2) is 10.6. The van der Waals surface area contributed by atoms with Gasteiger partial charge in [0.25, 0.3) is 0 Å². The molecule has 1 amide bonds. The van der Waals surface area contributed by atoms with Crippen molar-refractivity contribution in [2.45, 2.75) is 49.3 Å². The number of hydrogen-bond donors (Lipinski definition) is 4. The lowest BCUT2D eigenvalue weighted by Gasteiger charge is -2.31. The highest BCUT2D eigenvalue weighted by Gasteiger charge is 2.41. The lowest BCUT2D eigenvalue weighted by Crippen LogP contribution is -2.39. The van der Waals surface area contributed by atoms with Crippen molar-refractivity contribution >= 4 is 24.0 Å². The minimum atomic E-state index is -1.15. The van der Waals surface area contributed by atoms with Gasteiger partial charge in [-0.2, -0.15) is 0 Å². The predicted octanol–water partition coefficient (Wildman–Crippen LogP) is 4.22. The van der Waals surface area contributed by atoms with Crippen LogP contribution in [0.5, 0.6) is 0 Å². The van der Waals surface area contributed by atoms with E-state index in [1.165, 1.54) is 18.9 Å². The Hall–Kier alpha value is -2.84. The molecule has 190 valence electrons. The monoisotopic (exact) mass is 510 g/mol. The number of hydrogen-bond acceptors (Lipinski definition) is 5. The van der Waals surface area contributed by atoms with E-state index in [9.17, 15) is 14.3 Å². The average molecular weight is 511 g/mol. The summed E-state index contributed by atoms with van der Waals surface area (Å²) < 4.78 is 14.8. The Bertz CT molecular complexity index is 1190. The summed E-state index contributed by atoms with van der Waals surface area (Å²) in [7, 11) is 0. The maximum atomic E-state index is 14.8. The lowest BCUT2D eigenvalue weighted by atomic mass is 9.79. The van der Waals surface area contributed by atoms with Gasteiger partial charge in [0.15, 0.2) is 0 Å². The van der Waals surface area contributed by atoms with Gasteiger partial charge in [0.05, 0.1) is 17.3 Å². The molecule has 0 spiro atoms. The van der Waals surface area contributed by atoms with Crippen LogP contribution >= 0.6 is 12.4 Å². The number of aliphatic hydroxyl groups is 1. The number of rotatable bonds is 8. The van der Waals surface area contributed by atoms with Gasteiger partial charge in [0.2, 0.25) is 5.91 Å². The summed E-state index contributed by atoms with van der Waals surface area (Å²) in [6, 6.07) is 17.1. The van der Waals surface area contributed by atoms with Gasteiger partial charge in [0.1, 0.15) is 11.4 Å². The molecule has 1 aromatic heterocycles. The quantitative estimate of drug-likeness (QED) is 0.363. The number of nitrogens with one attached hydrogen (secondary N) is 2. The third-order valence-corrected chi connectivity index (χ3v) is 7.39. The summed E-state index contributed by atoms with van der Waals surface area (Å²) >= 11 is 0. The molecule has 8 heteroatoms. The van der Waals surface area contributed by atoms with Crippen molar-refractivity contribution in [2.24, 2.45) is 11.7 Å². The molecule has 2 heterocycles. The first-order chi connectivity index (χ1) is 16.9. The molecule has 1 saturated carbocycles. The minimum Gasteiger partial charge on any atom is -0.384 e. The maximum absolute atomic E-state index is 14.8. The van der Waals surface area contributed by atoms with Crippen molar-refractivity contribution in [1.82, 2.24) is 10.3 Å². The van der Waals surface area contributed by atoms with Crippen LogP contribution in [0.25, 0.3) is 0 Å². The van der Waals surface area contributed by atoms with Crippen LogP contribution in [-0.4, -0.2) is 28.6 Å². The molecular formula is C28H32ClFN4O2. The summed E-state index contributed by atoms with van der Waals surface area (Å²) in [5.41, 5.74) is 7.48. The third kappa shape index (κ3) is 5.44. The number of pyridine rings is 1. The van der Waals surface area contributed by atoms with Gasteiger partial charge in [-0.1, -0.05) is 49.2 Å². The normalized spacial score (nSPS) is 22.9. The first-order valence-electron chi connectivity index (χ1n) is 12.2. The Labute approximate surface area is 216 Å². The van der Waals surface area contributed by atoms with Gasteiger partial charge < -0.3 is 21.5 Å². The minimum absolute atomic E-state index is 0. The summed E-state index contributed by atoms with van der Waals surface area (Å²) in [5.74, 6) is -0.230. The van der Waals surface area contributed by atoms with Gasteiger partial charge in [0, 0.05) is 25.4 Å². The van der Waals surface area contributed by atoms with Crippen molar-refractivity contribution in [3.8, 4) is 0 Å². The van der Waals surface area contributed by atoms with E-state index in [1.54, 1.807) is 24.5 Å². The molecule has 5 N–H and O–H groups in total. The molecule has 2 fully saturated rings. The Morgan fingerprint density at radius 3 is 2.56 bits per heavy atom. The van der Waals surface area contributed by atoms with Crippen LogP contribution in [0.1, 0.15) is 48.8 Å². The van der Waals surface area contributed by atoms with Gasteiger partial charge >= 0.3 is 0 Å². The molecule has 1 aliphatic heterocycles. The zero-order valence-electron chi connectivity index (χ0n) is 20.0. The number of amides is 1. The molecule has 3 atom stereocenters. The van der Waals surface area contributed by atoms with E-state index in [4.69, 9.17) is 5.73 Å². The number of carbonyl (C=O) groups is 1. The molecule has 5 rings (SSSR count). The molecule has 1 aliphatic carbocycles. The standard InChI is InChI=1S/C28H31FN4O2.ClH/c29-23-9-8-22(28(30,13-10-19-6-7-19)21-11-14-31-15-12-21)16-24(23)33-26(34)25-17-27(35,18-32-25)20-4-2-1-3-5-20;/h1-5,8-9,11-12,14-16,19,25,32,35H,6-7,10,13,17-18,30H2,(H,33,34);1H/t25-,27-,28?;/m1./s1. The van der Waals surface area contributed by atoms with E-state index in [2.05, 4.69) is 15.6 Å². The molecule has 36 heavy (non-hydrogen) atoms. The van der Waals surface area contributed by atoms with E-state index in [0.29, 0.717) is 5.92 Å². The van der Waals surface area contributed by atoms with E-state index in [0.717, 1.165) is 29.5 Å². The molecule has 1 saturated heterocycles. The summed E-state index contributed by atoms with van der Waals surface area (Å²) in [5, 5.41) is 16.9. The molecule has 6 nitrogen and oxygen atoms in total. The zero-order chi connectivity index (χ0) is 24.5. The largest absolute Gasteiger partial charge is 0.384 e. The number of nitrogens with zero attached hydrogens (tertiary/aromatic N) is 1. The van der Waals surface area contributed by atoms with Crippen LogP contribution in [0, 0.1) is 11.7 Å². The second-order valence-corrected chi connectivity index (χ2v) is 9.91. The van der Waals surface area contributed by atoms with Gasteiger partial charge in [-0.05, 0) is 59.7 Å². The second-order valence-electron chi connectivity index (χ2n) is 9.91. The van der Waals surface area contributed by atoms with Crippen LogP contribution in [0.3, 0.4) is 0 Å². The fourth-order valence-corrected chi connectivity index (χ4v) is 4.99. The van der Waals surface area contributed by atoms with Crippen LogP contribution in [0.15, 0.2) is 73.1 Å². The number of aromatic nitrogens is 1. The van der Waals surface area contributed by atoms with E-state index in [1.807, 2.05) is 42.5 Å². The summed E-state index contributed by atoms with van der Waals surface area (Å²) in [6.07, 6.45) is 7.77. The number of anilines is 1. The number of nitrogens with two attached hydrogens (primary N) is 1. The van der Waals surface area contributed by atoms with E-state index >= 15 is 0 Å². The van der Waals surface area contributed by atoms with Crippen LogP contribution < -0.4 is 16.4 Å². The molecular weight excluding hydrogens is 479 g/mol. The first kappa shape index (κ1) is 26.2. The van der Waals surface area contributed by atoms with Crippen LogP contribution in [-0.2, 0) is 15.9 Å². The topological polar surface area (TPSA) is 100 Å². The third-order valence-electron chi connectivity index (χ3n) is 7.39. The van der Waals surface area contributed by atoms with Gasteiger partial charge in [-0.3, -0.25) is 9.78 Å².